The highest BCUT2D eigenvalue weighted by Crippen LogP contribution is 2.12. The van der Waals surface area contributed by atoms with Crippen molar-refractivity contribution in [2.75, 3.05) is 6.54 Å². The fourth-order valence-corrected chi connectivity index (χ4v) is 1.16. The Morgan fingerprint density at radius 2 is 1.92 bits per heavy atom. The summed E-state index contributed by atoms with van der Waals surface area (Å²) in [5.41, 5.74) is 0. The molecule has 66 valence electrons. The van der Waals surface area contributed by atoms with Crippen LogP contribution in [-0.4, -0.2) is 29.5 Å². The topological polar surface area (TPSA) is 54.5 Å². The predicted octanol–water partition coefficient (Wildman–Crippen LogP) is -0.0296. The summed E-state index contributed by atoms with van der Waals surface area (Å²) >= 11 is 0. The van der Waals surface area contributed by atoms with Gasteiger partial charge in [0, 0.05) is 25.3 Å². The molecule has 1 aliphatic rings. The van der Waals surface area contributed by atoms with Crippen LogP contribution in [0, 0.1) is 5.92 Å². The number of rotatable bonds is 3. The quantitative estimate of drug-likeness (QED) is 0.440. The van der Waals surface area contributed by atoms with Gasteiger partial charge in [0.25, 0.3) is 0 Å². The Labute approximate surface area is 70.5 Å². The maximum absolute atomic E-state index is 11.0. The highest BCUT2D eigenvalue weighted by molar-refractivity contribution is 6.02. The lowest BCUT2D eigenvalue weighted by Gasteiger charge is -2.14. The molecule has 1 heterocycles. The first-order valence-corrected chi connectivity index (χ1v) is 3.93. The van der Waals surface area contributed by atoms with Crippen LogP contribution in [0.15, 0.2) is 0 Å². The van der Waals surface area contributed by atoms with Crippen LogP contribution in [0.25, 0.3) is 0 Å². The molecule has 1 fully saturated rings. The number of nitrogens with zero attached hydrogens (tertiary/aromatic N) is 1. The fourth-order valence-electron chi connectivity index (χ4n) is 1.16. The van der Waals surface area contributed by atoms with E-state index in [0.29, 0.717) is 12.8 Å². The van der Waals surface area contributed by atoms with E-state index < -0.39 is 0 Å². The van der Waals surface area contributed by atoms with E-state index in [2.05, 4.69) is 0 Å². The summed E-state index contributed by atoms with van der Waals surface area (Å²) in [5, 5.41) is 0. The summed E-state index contributed by atoms with van der Waals surface area (Å²) in [5.74, 6) is -0.571. The smallest absolute Gasteiger partial charge is 0.229 e. The average Bonchev–Trinajstić information content (AvgIpc) is 2.35. The molecular formula is C8H11NO3. The van der Waals surface area contributed by atoms with Crippen LogP contribution in [-0.2, 0) is 14.4 Å². The molecule has 0 N–H and O–H groups in total. The molecule has 0 bridgehead atoms. The molecule has 1 rings (SSSR count). The minimum absolute atomic E-state index is 0.159. The van der Waals surface area contributed by atoms with Crippen LogP contribution in [0.3, 0.4) is 0 Å². The van der Waals surface area contributed by atoms with Crippen LogP contribution in [0.2, 0.25) is 0 Å². The van der Waals surface area contributed by atoms with Gasteiger partial charge in [0.15, 0.2) is 0 Å². The standard InChI is InChI=1S/C8H11NO3/c1-6(5-10)4-9-7(11)2-3-8(9)12/h5-6H,2-4H2,1H3. The number of hydrogen-bond donors (Lipinski definition) is 0. The highest BCUT2D eigenvalue weighted by atomic mass is 16.2. The molecule has 1 saturated heterocycles. The van der Waals surface area contributed by atoms with E-state index in [-0.39, 0.29) is 24.3 Å². The molecule has 4 heteroatoms. The monoisotopic (exact) mass is 169 g/mol. The van der Waals surface area contributed by atoms with Gasteiger partial charge in [-0.2, -0.15) is 0 Å². The lowest BCUT2D eigenvalue weighted by Crippen LogP contribution is -2.33. The van der Waals surface area contributed by atoms with Crippen molar-refractivity contribution in [3.8, 4) is 0 Å². The minimum atomic E-state index is -0.254. The van der Waals surface area contributed by atoms with Gasteiger partial charge in [0.1, 0.15) is 6.29 Å². The predicted molar refractivity (Wildman–Crippen MR) is 41.2 cm³/mol. The van der Waals surface area contributed by atoms with Gasteiger partial charge >= 0.3 is 0 Å². The van der Waals surface area contributed by atoms with Crippen molar-refractivity contribution in [3.05, 3.63) is 0 Å². The van der Waals surface area contributed by atoms with Gasteiger partial charge < -0.3 is 4.79 Å². The fraction of sp³-hybridized carbons (Fsp3) is 0.625. The molecule has 0 aromatic rings. The molecule has 0 radical (unpaired) electrons. The van der Waals surface area contributed by atoms with E-state index in [4.69, 9.17) is 0 Å². The van der Waals surface area contributed by atoms with Crippen molar-refractivity contribution in [3.63, 3.8) is 0 Å². The summed E-state index contributed by atoms with van der Waals surface area (Å²) in [6.45, 7) is 1.92. The van der Waals surface area contributed by atoms with Gasteiger partial charge in [-0.3, -0.25) is 14.5 Å². The van der Waals surface area contributed by atoms with Crippen molar-refractivity contribution in [1.82, 2.24) is 4.90 Å². The molecule has 0 saturated carbocycles. The second kappa shape index (κ2) is 3.47. The molecule has 2 amide bonds. The maximum atomic E-state index is 11.0. The zero-order valence-electron chi connectivity index (χ0n) is 6.95. The third-order valence-corrected chi connectivity index (χ3v) is 1.86. The molecule has 0 aromatic carbocycles. The number of likely N-dealkylation sites (tertiary alicyclic amines) is 1. The third kappa shape index (κ3) is 1.69. The van der Waals surface area contributed by atoms with Crippen molar-refractivity contribution >= 4 is 18.1 Å². The van der Waals surface area contributed by atoms with Crippen molar-refractivity contribution < 1.29 is 14.4 Å². The Balaban J connectivity index is 2.55. The average molecular weight is 169 g/mol. The first kappa shape index (κ1) is 8.90. The van der Waals surface area contributed by atoms with Gasteiger partial charge in [-0.25, -0.2) is 0 Å². The van der Waals surface area contributed by atoms with E-state index in [1.165, 1.54) is 4.90 Å². The molecule has 4 nitrogen and oxygen atoms in total. The molecule has 0 aromatic heterocycles. The zero-order valence-corrected chi connectivity index (χ0v) is 6.95. The van der Waals surface area contributed by atoms with Crippen LogP contribution < -0.4 is 0 Å². The lowest BCUT2D eigenvalue weighted by molar-refractivity contribution is -0.139. The third-order valence-electron chi connectivity index (χ3n) is 1.86. The highest BCUT2D eigenvalue weighted by Gasteiger charge is 2.29. The summed E-state index contributed by atoms with van der Waals surface area (Å²) in [7, 11) is 0. The zero-order chi connectivity index (χ0) is 9.14. The largest absolute Gasteiger partial charge is 0.303 e. The number of amides is 2. The molecular weight excluding hydrogens is 158 g/mol. The second-order valence-electron chi connectivity index (χ2n) is 3.01. The number of hydrogen-bond acceptors (Lipinski definition) is 3. The van der Waals surface area contributed by atoms with E-state index >= 15 is 0 Å². The lowest BCUT2D eigenvalue weighted by atomic mass is 10.2. The van der Waals surface area contributed by atoms with Gasteiger partial charge in [-0.1, -0.05) is 6.92 Å². The minimum Gasteiger partial charge on any atom is -0.303 e. The van der Waals surface area contributed by atoms with Crippen LogP contribution in [0.1, 0.15) is 19.8 Å². The van der Waals surface area contributed by atoms with Crippen LogP contribution >= 0.6 is 0 Å². The molecule has 0 spiro atoms. The van der Waals surface area contributed by atoms with E-state index in [1.54, 1.807) is 6.92 Å². The molecule has 1 atom stereocenters. The van der Waals surface area contributed by atoms with E-state index in [9.17, 15) is 14.4 Å². The van der Waals surface area contributed by atoms with Crippen molar-refractivity contribution in [1.29, 1.82) is 0 Å². The van der Waals surface area contributed by atoms with Gasteiger partial charge in [-0.05, 0) is 0 Å². The van der Waals surface area contributed by atoms with Gasteiger partial charge in [0.2, 0.25) is 11.8 Å². The second-order valence-corrected chi connectivity index (χ2v) is 3.01. The maximum Gasteiger partial charge on any atom is 0.229 e. The van der Waals surface area contributed by atoms with E-state index in [0.717, 1.165) is 6.29 Å². The van der Waals surface area contributed by atoms with Gasteiger partial charge in [0.05, 0.1) is 0 Å². The summed E-state index contributed by atoms with van der Waals surface area (Å²) < 4.78 is 0. The normalized spacial score (nSPS) is 19.9. The SMILES string of the molecule is CC(C=O)CN1C(=O)CCC1=O. The number of aldehydes is 1. The van der Waals surface area contributed by atoms with E-state index in [1.807, 2.05) is 0 Å². The number of carbonyl (C=O) groups excluding carboxylic acids is 3. The Morgan fingerprint density at radius 3 is 2.33 bits per heavy atom. The summed E-state index contributed by atoms with van der Waals surface area (Å²) in [6, 6.07) is 0. The van der Waals surface area contributed by atoms with Crippen molar-refractivity contribution in [2.45, 2.75) is 19.8 Å². The van der Waals surface area contributed by atoms with Crippen molar-refractivity contribution in [2.24, 2.45) is 5.92 Å². The Bertz CT molecular complexity index is 208. The molecule has 12 heavy (non-hydrogen) atoms. The number of imide groups is 1. The van der Waals surface area contributed by atoms with Crippen LogP contribution in [0.5, 0.6) is 0 Å². The van der Waals surface area contributed by atoms with Crippen LogP contribution in [0.4, 0.5) is 0 Å². The molecule has 0 aliphatic carbocycles. The molecule has 1 aliphatic heterocycles. The Kier molecular flexibility index (Phi) is 2.58. The first-order valence-electron chi connectivity index (χ1n) is 3.93. The number of carbonyl (C=O) groups is 3. The molecule has 1 unspecified atom stereocenters. The Hall–Kier alpha value is -1.19. The summed E-state index contributed by atoms with van der Waals surface area (Å²) in [6.07, 6.45) is 1.34. The summed E-state index contributed by atoms with van der Waals surface area (Å²) in [4.78, 5) is 33.5. The Morgan fingerprint density at radius 1 is 1.42 bits per heavy atom. The first-order chi connectivity index (χ1) is 5.65. The van der Waals surface area contributed by atoms with Gasteiger partial charge in [-0.15, -0.1) is 0 Å².